The molecule has 1 aromatic rings. The Hall–Kier alpha value is -1.16. The Morgan fingerprint density at radius 2 is 2.11 bits per heavy atom. The van der Waals surface area contributed by atoms with Crippen molar-refractivity contribution in [1.29, 1.82) is 0 Å². The Balaban J connectivity index is 3.02. The largest absolute Gasteiger partial charge is 0.389 e. The number of hydrogen-bond donors (Lipinski definition) is 1. The van der Waals surface area contributed by atoms with Crippen LogP contribution < -0.4 is 11.3 Å². The fourth-order valence-corrected chi connectivity index (χ4v) is 2.42. The normalized spacial score (nSPS) is 12.4. The molecule has 0 amide bonds. The number of aryl methyl sites for hydroxylation is 1. The zero-order valence-electron chi connectivity index (χ0n) is 12.1. The van der Waals surface area contributed by atoms with E-state index in [1.54, 1.807) is 6.07 Å². The van der Waals surface area contributed by atoms with Gasteiger partial charge in [0.1, 0.15) is 4.99 Å². The summed E-state index contributed by atoms with van der Waals surface area (Å²) in [6.45, 7) is 7.09. The van der Waals surface area contributed by atoms with E-state index in [0.717, 1.165) is 25.1 Å². The van der Waals surface area contributed by atoms with Crippen molar-refractivity contribution < 1.29 is 0 Å². The average Bonchev–Trinajstić information content (AvgIpc) is 2.37. The number of nitrogens with zero attached hydrogens (tertiary/aromatic N) is 1. The van der Waals surface area contributed by atoms with Gasteiger partial charge in [-0.3, -0.25) is 4.79 Å². The highest BCUT2D eigenvalue weighted by molar-refractivity contribution is 7.80. The molecule has 0 radical (unpaired) electrons. The summed E-state index contributed by atoms with van der Waals surface area (Å²) in [5.41, 5.74) is 6.96. The number of thiocarbonyl (C=S) groups is 1. The molecule has 1 heterocycles. The van der Waals surface area contributed by atoms with Gasteiger partial charge in [-0.05, 0) is 31.4 Å². The van der Waals surface area contributed by atoms with Gasteiger partial charge in [0, 0.05) is 12.2 Å². The molecule has 0 bridgehead atoms. The molecule has 0 fully saturated rings. The van der Waals surface area contributed by atoms with Crippen molar-refractivity contribution in [3.05, 3.63) is 33.7 Å². The van der Waals surface area contributed by atoms with Gasteiger partial charge in [0.05, 0.1) is 5.56 Å². The van der Waals surface area contributed by atoms with Crippen LogP contribution in [-0.4, -0.2) is 9.56 Å². The smallest absolute Gasteiger partial charge is 0.260 e. The van der Waals surface area contributed by atoms with Gasteiger partial charge in [-0.15, -0.1) is 0 Å². The molecular formula is C15H24N2OS. The highest BCUT2D eigenvalue weighted by atomic mass is 32.1. The molecule has 19 heavy (non-hydrogen) atoms. The van der Waals surface area contributed by atoms with E-state index >= 15 is 0 Å². The van der Waals surface area contributed by atoms with Crippen LogP contribution in [0.25, 0.3) is 0 Å². The topological polar surface area (TPSA) is 48.0 Å². The monoisotopic (exact) mass is 280 g/mol. The average molecular weight is 280 g/mol. The van der Waals surface area contributed by atoms with Crippen LogP contribution in [0.5, 0.6) is 0 Å². The molecule has 3 nitrogen and oxygen atoms in total. The number of nitrogens with two attached hydrogens (primary N) is 1. The minimum absolute atomic E-state index is 0.0533. The lowest BCUT2D eigenvalue weighted by molar-refractivity contribution is 0.381. The van der Waals surface area contributed by atoms with Crippen LogP contribution >= 0.6 is 12.2 Å². The summed E-state index contributed by atoms with van der Waals surface area (Å²) in [6, 6.07) is 3.64. The van der Waals surface area contributed by atoms with Crippen molar-refractivity contribution in [2.45, 2.75) is 53.0 Å². The lowest BCUT2D eigenvalue weighted by atomic mass is 9.99. The molecule has 0 aliphatic rings. The fourth-order valence-electron chi connectivity index (χ4n) is 2.26. The van der Waals surface area contributed by atoms with Gasteiger partial charge in [-0.2, -0.15) is 0 Å². The van der Waals surface area contributed by atoms with Gasteiger partial charge in [0.2, 0.25) is 0 Å². The van der Waals surface area contributed by atoms with Crippen LogP contribution in [0.2, 0.25) is 0 Å². The summed E-state index contributed by atoms with van der Waals surface area (Å²) in [5.74, 6) is 0.540. The molecule has 2 N–H and O–H groups in total. The van der Waals surface area contributed by atoms with E-state index < -0.39 is 0 Å². The van der Waals surface area contributed by atoms with E-state index in [4.69, 9.17) is 18.0 Å². The van der Waals surface area contributed by atoms with Gasteiger partial charge in [0.25, 0.3) is 5.56 Å². The molecule has 0 spiro atoms. The Bertz CT molecular complexity index is 493. The number of pyridine rings is 1. The number of rotatable bonds is 7. The molecule has 0 aliphatic heterocycles. The van der Waals surface area contributed by atoms with E-state index in [2.05, 4.69) is 13.8 Å². The minimum Gasteiger partial charge on any atom is -0.389 e. The lowest BCUT2D eigenvalue weighted by Gasteiger charge is -2.18. The molecule has 1 aromatic heterocycles. The van der Waals surface area contributed by atoms with E-state index in [1.165, 1.54) is 12.8 Å². The lowest BCUT2D eigenvalue weighted by Crippen LogP contribution is -2.32. The van der Waals surface area contributed by atoms with Crippen LogP contribution in [0.15, 0.2) is 16.9 Å². The third-order valence-corrected chi connectivity index (χ3v) is 3.86. The summed E-state index contributed by atoms with van der Waals surface area (Å²) in [6.07, 6.45) is 4.65. The maximum atomic E-state index is 12.4. The zero-order chi connectivity index (χ0) is 14.4. The first-order chi connectivity index (χ1) is 9.01. The summed E-state index contributed by atoms with van der Waals surface area (Å²) in [7, 11) is 0. The van der Waals surface area contributed by atoms with Crippen LogP contribution in [0, 0.1) is 12.8 Å². The molecule has 0 saturated carbocycles. The van der Waals surface area contributed by atoms with E-state index in [1.807, 2.05) is 17.6 Å². The van der Waals surface area contributed by atoms with E-state index in [9.17, 15) is 4.79 Å². The Morgan fingerprint density at radius 1 is 1.42 bits per heavy atom. The second kappa shape index (κ2) is 7.43. The molecular weight excluding hydrogens is 256 g/mol. The molecule has 0 aromatic carbocycles. The van der Waals surface area contributed by atoms with Crippen LogP contribution in [0.3, 0.4) is 0 Å². The predicted molar refractivity (Wildman–Crippen MR) is 84.6 cm³/mol. The Kier molecular flexibility index (Phi) is 6.22. The van der Waals surface area contributed by atoms with Gasteiger partial charge in [0.15, 0.2) is 0 Å². The van der Waals surface area contributed by atoms with Crippen LogP contribution in [0.1, 0.15) is 50.8 Å². The quantitative estimate of drug-likeness (QED) is 0.781. The molecule has 106 valence electrons. The van der Waals surface area contributed by atoms with Crippen molar-refractivity contribution in [3.63, 3.8) is 0 Å². The molecule has 4 heteroatoms. The van der Waals surface area contributed by atoms with Crippen molar-refractivity contribution in [1.82, 2.24) is 4.57 Å². The van der Waals surface area contributed by atoms with Gasteiger partial charge in [-0.25, -0.2) is 0 Å². The summed E-state index contributed by atoms with van der Waals surface area (Å²) in [4.78, 5) is 12.5. The number of unbranched alkanes of at least 4 members (excludes halogenated alkanes) is 1. The summed E-state index contributed by atoms with van der Waals surface area (Å²) >= 11 is 4.93. The summed E-state index contributed by atoms with van der Waals surface area (Å²) < 4.78 is 1.82. The SMILES string of the molecule is CCCCC(CC)Cn1c(C)ccc(C(N)=S)c1=O. The van der Waals surface area contributed by atoms with Crippen LogP contribution in [-0.2, 0) is 6.54 Å². The zero-order valence-corrected chi connectivity index (χ0v) is 12.9. The number of aromatic nitrogens is 1. The highest BCUT2D eigenvalue weighted by Gasteiger charge is 2.12. The first-order valence-corrected chi connectivity index (χ1v) is 7.42. The van der Waals surface area contributed by atoms with Crippen LogP contribution in [0.4, 0.5) is 0 Å². The molecule has 1 unspecified atom stereocenters. The standard InChI is InChI=1S/C15H24N2OS/c1-4-6-7-12(5-2)10-17-11(3)8-9-13(14(16)19)15(17)18/h8-9,12H,4-7,10H2,1-3H3,(H2,16,19). The Morgan fingerprint density at radius 3 is 2.63 bits per heavy atom. The van der Waals surface area contributed by atoms with Crippen molar-refractivity contribution in [2.24, 2.45) is 11.7 Å². The van der Waals surface area contributed by atoms with Crippen molar-refractivity contribution >= 4 is 17.2 Å². The third-order valence-electron chi connectivity index (χ3n) is 3.64. The maximum Gasteiger partial charge on any atom is 0.260 e. The van der Waals surface area contributed by atoms with Crippen molar-refractivity contribution in [3.8, 4) is 0 Å². The number of hydrogen-bond acceptors (Lipinski definition) is 2. The maximum absolute atomic E-state index is 12.4. The van der Waals surface area contributed by atoms with E-state index in [0.29, 0.717) is 11.5 Å². The second-order valence-electron chi connectivity index (χ2n) is 5.08. The van der Waals surface area contributed by atoms with Gasteiger partial charge < -0.3 is 10.3 Å². The fraction of sp³-hybridized carbons (Fsp3) is 0.600. The minimum atomic E-state index is -0.0533. The molecule has 1 rings (SSSR count). The second-order valence-corrected chi connectivity index (χ2v) is 5.52. The molecule has 0 saturated heterocycles. The van der Waals surface area contributed by atoms with Gasteiger partial charge >= 0.3 is 0 Å². The first-order valence-electron chi connectivity index (χ1n) is 7.01. The highest BCUT2D eigenvalue weighted by Crippen LogP contribution is 2.15. The van der Waals surface area contributed by atoms with E-state index in [-0.39, 0.29) is 10.5 Å². The van der Waals surface area contributed by atoms with Crippen molar-refractivity contribution in [2.75, 3.05) is 0 Å². The van der Waals surface area contributed by atoms with Gasteiger partial charge in [-0.1, -0.05) is 45.3 Å². The molecule has 0 aliphatic carbocycles. The third kappa shape index (κ3) is 4.16. The predicted octanol–water partition coefficient (Wildman–Crippen LogP) is 3.01. The summed E-state index contributed by atoms with van der Waals surface area (Å²) in [5, 5.41) is 0. The Labute approximate surface area is 120 Å². The molecule has 1 atom stereocenters. The first kappa shape index (κ1) is 15.9.